The summed E-state index contributed by atoms with van der Waals surface area (Å²) in [7, 11) is 0. The number of anilines is 1. The van der Waals surface area contributed by atoms with Crippen molar-refractivity contribution in [3.05, 3.63) is 44.9 Å². The maximum atomic E-state index is 12.3. The zero-order chi connectivity index (χ0) is 19.3. The van der Waals surface area contributed by atoms with E-state index in [0.717, 1.165) is 43.4 Å². The van der Waals surface area contributed by atoms with Crippen LogP contribution in [0.1, 0.15) is 11.3 Å². The molecule has 6 nitrogen and oxygen atoms in total. The van der Waals surface area contributed by atoms with Gasteiger partial charge in [0.15, 0.2) is 0 Å². The van der Waals surface area contributed by atoms with Crippen LogP contribution < -0.4 is 5.32 Å². The van der Waals surface area contributed by atoms with Gasteiger partial charge >= 0.3 is 0 Å². The number of nitrogens with one attached hydrogen (secondary N) is 1. The number of rotatable bonds is 6. The number of hydrogen-bond acceptors (Lipinski definition) is 8. The first kappa shape index (κ1) is 19.2. The topological polar surface area (TPSA) is 72.3 Å². The molecular weight excluding hydrogens is 410 g/mol. The van der Waals surface area contributed by atoms with Crippen molar-refractivity contribution in [1.29, 1.82) is 5.26 Å². The molecule has 0 radical (unpaired) electrons. The molecule has 4 heterocycles. The number of carbonyl (C=O) groups excluding carboxylic acids is 1. The maximum absolute atomic E-state index is 12.3. The van der Waals surface area contributed by atoms with Crippen molar-refractivity contribution in [3.63, 3.8) is 0 Å². The van der Waals surface area contributed by atoms with E-state index >= 15 is 0 Å². The van der Waals surface area contributed by atoms with Crippen LogP contribution in [0.5, 0.6) is 0 Å². The van der Waals surface area contributed by atoms with Crippen LogP contribution in [0.2, 0.25) is 0 Å². The van der Waals surface area contributed by atoms with Crippen molar-refractivity contribution in [1.82, 2.24) is 14.8 Å². The number of amides is 1. The standard InChI is InChI=1S/C19H19N5OS3/c20-9-14-2-8-27-18(14)22-17(25)11-24-5-3-23(4-6-24)10-16-13-28-19(21-16)15-1-7-26-12-15/h1-2,7-8,12-13H,3-6,10-11H2,(H,22,25). The van der Waals surface area contributed by atoms with Gasteiger partial charge in [-0.15, -0.1) is 22.7 Å². The summed E-state index contributed by atoms with van der Waals surface area (Å²) in [5.74, 6) is -0.0627. The Morgan fingerprint density at radius 3 is 2.71 bits per heavy atom. The van der Waals surface area contributed by atoms with E-state index in [1.165, 1.54) is 16.9 Å². The first-order valence-corrected chi connectivity index (χ1v) is 11.6. The minimum Gasteiger partial charge on any atom is -0.315 e. The Kier molecular flexibility index (Phi) is 6.14. The van der Waals surface area contributed by atoms with Crippen molar-refractivity contribution in [3.8, 4) is 16.6 Å². The Hall–Kier alpha value is -2.09. The fraction of sp³-hybridized carbons (Fsp3) is 0.316. The molecule has 0 aliphatic carbocycles. The monoisotopic (exact) mass is 429 g/mol. The fourth-order valence-electron chi connectivity index (χ4n) is 3.10. The Morgan fingerprint density at radius 1 is 1.14 bits per heavy atom. The second kappa shape index (κ2) is 8.94. The number of hydrogen-bond donors (Lipinski definition) is 1. The molecule has 3 aromatic heterocycles. The van der Waals surface area contributed by atoms with E-state index in [9.17, 15) is 4.79 Å². The van der Waals surface area contributed by atoms with E-state index in [1.807, 2.05) is 5.38 Å². The van der Waals surface area contributed by atoms with Gasteiger partial charge < -0.3 is 5.32 Å². The second-order valence-electron chi connectivity index (χ2n) is 6.53. The number of nitriles is 1. The zero-order valence-corrected chi connectivity index (χ0v) is 17.6. The van der Waals surface area contributed by atoms with Crippen molar-refractivity contribution in [2.75, 3.05) is 38.0 Å². The SMILES string of the molecule is N#Cc1ccsc1NC(=O)CN1CCN(Cc2csc(-c3ccsc3)n2)CC1. The molecule has 0 atom stereocenters. The molecule has 1 aliphatic rings. The lowest BCUT2D eigenvalue weighted by Gasteiger charge is -2.33. The van der Waals surface area contributed by atoms with Gasteiger partial charge in [-0.05, 0) is 22.9 Å². The summed E-state index contributed by atoms with van der Waals surface area (Å²) in [6.07, 6.45) is 0. The summed E-state index contributed by atoms with van der Waals surface area (Å²) in [5.41, 5.74) is 2.83. The van der Waals surface area contributed by atoms with E-state index < -0.39 is 0 Å². The van der Waals surface area contributed by atoms with Crippen molar-refractivity contribution in [2.45, 2.75) is 6.54 Å². The molecule has 0 aromatic carbocycles. The largest absolute Gasteiger partial charge is 0.315 e. The third-order valence-electron chi connectivity index (χ3n) is 4.58. The molecule has 1 fully saturated rings. The van der Waals surface area contributed by atoms with Crippen molar-refractivity contribution in [2.24, 2.45) is 0 Å². The van der Waals surface area contributed by atoms with E-state index in [-0.39, 0.29) is 5.91 Å². The van der Waals surface area contributed by atoms with Crippen LogP contribution in [0.4, 0.5) is 5.00 Å². The van der Waals surface area contributed by atoms with Crippen LogP contribution in [0.15, 0.2) is 33.7 Å². The molecule has 0 saturated carbocycles. The quantitative estimate of drug-likeness (QED) is 0.649. The summed E-state index contributed by atoms with van der Waals surface area (Å²) < 4.78 is 0. The van der Waals surface area contributed by atoms with Gasteiger partial charge in [0.25, 0.3) is 0 Å². The maximum Gasteiger partial charge on any atom is 0.239 e. The van der Waals surface area contributed by atoms with Gasteiger partial charge in [-0.3, -0.25) is 14.6 Å². The molecule has 144 valence electrons. The van der Waals surface area contributed by atoms with Gasteiger partial charge in [0.1, 0.15) is 16.1 Å². The predicted octanol–water partition coefficient (Wildman–Crippen LogP) is 3.56. The average Bonchev–Trinajstić information content (AvgIpc) is 3.44. The third-order valence-corrected chi connectivity index (χ3v) is 7.03. The van der Waals surface area contributed by atoms with Gasteiger partial charge in [0, 0.05) is 49.0 Å². The van der Waals surface area contributed by atoms with Crippen LogP contribution in [-0.2, 0) is 11.3 Å². The number of thiophene rings is 2. The molecule has 3 aromatic rings. The Morgan fingerprint density at radius 2 is 1.96 bits per heavy atom. The molecule has 1 aliphatic heterocycles. The second-order valence-corrected chi connectivity index (χ2v) is 9.09. The van der Waals surface area contributed by atoms with Gasteiger partial charge in [-0.25, -0.2) is 4.98 Å². The van der Waals surface area contributed by atoms with E-state index in [0.29, 0.717) is 17.1 Å². The van der Waals surface area contributed by atoms with Crippen LogP contribution in [-0.4, -0.2) is 53.4 Å². The summed E-state index contributed by atoms with van der Waals surface area (Å²) in [6.45, 7) is 4.74. The van der Waals surface area contributed by atoms with Crippen molar-refractivity contribution >= 4 is 44.9 Å². The minimum absolute atomic E-state index is 0.0627. The van der Waals surface area contributed by atoms with Crippen molar-refractivity contribution < 1.29 is 4.79 Å². The Balaban J connectivity index is 1.23. The molecule has 9 heteroatoms. The average molecular weight is 430 g/mol. The highest BCUT2D eigenvalue weighted by Crippen LogP contribution is 2.26. The highest BCUT2D eigenvalue weighted by molar-refractivity contribution is 7.14. The number of aromatic nitrogens is 1. The summed E-state index contributed by atoms with van der Waals surface area (Å²) >= 11 is 4.76. The first-order chi connectivity index (χ1) is 13.7. The lowest BCUT2D eigenvalue weighted by atomic mass is 10.3. The molecule has 0 spiro atoms. The van der Waals surface area contributed by atoms with Crippen LogP contribution >= 0.6 is 34.0 Å². The fourth-order valence-corrected chi connectivity index (χ4v) is 5.37. The van der Waals surface area contributed by atoms with Gasteiger partial charge in [0.2, 0.25) is 5.91 Å². The smallest absolute Gasteiger partial charge is 0.239 e. The molecule has 1 saturated heterocycles. The normalized spacial score (nSPS) is 15.4. The highest BCUT2D eigenvalue weighted by atomic mass is 32.1. The molecule has 28 heavy (non-hydrogen) atoms. The number of piperazine rings is 1. The number of thiazole rings is 1. The molecule has 0 unspecified atom stereocenters. The van der Waals surface area contributed by atoms with Gasteiger partial charge in [0.05, 0.1) is 17.8 Å². The molecule has 4 rings (SSSR count). The molecule has 1 N–H and O–H groups in total. The minimum atomic E-state index is -0.0627. The van der Waals surface area contributed by atoms with Gasteiger partial charge in [-0.2, -0.15) is 16.6 Å². The predicted molar refractivity (Wildman–Crippen MR) is 115 cm³/mol. The zero-order valence-electron chi connectivity index (χ0n) is 15.1. The third kappa shape index (κ3) is 4.66. The van der Waals surface area contributed by atoms with Crippen LogP contribution in [0.25, 0.3) is 10.6 Å². The number of nitrogens with zero attached hydrogens (tertiary/aromatic N) is 4. The summed E-state index contributed by atoms with van der Waals surface area (Å²) in [6, 6.07) is 5.92. The van der Waals surface area contributed by atoms with Crippen LogP contribution in [0, 0.1) is 11.3 Å². The van der Waals surface area contributed by atoms with E-state index in [2.05, 4.69) is 43.4 Å². The lowest BCUT2D eigenvalue weighted by molar-refractivity contribution is -0.117. The molecular formula is C19H19N5OS3. The number of carbonyl (C=O) groups is 1. The first-order valence-electron chi connectivity index (χ1n) is 8.90. The van der Waals surface area contributed by atoms with E-state index in [4.69, 9.17) is 10.2 Å². The van der Waals surface area contributed by atoms with Crippen LogP contribution in [0.3, 0.4) is 0 Å². The summed E-state index contributed by atoms with van der Waals surface area (Å²) in [4.78, 5) is 21.5. The molecule has 1 amide bonds. The Labute approximate surface area is 175 Å². The Bertz CT molecular complexity index is 964. The summed E-state index contributed by atoms with van der Waals surface area (Å²) in [5, 5.41) is 21.8. The van der Waals surface area contributed by atoms with E-state index in [1.54, 1.807) is 28.7 Å². The highest BCUT2D eigenvalue weighted by Gasteiger charge is 2.20. The molecule has 0 bridgehead atoms. The van der Waals surface area contributed by atoms with Gasteiger partial charge in [-0.1, -0.05) is 0 Å². The lowest BCUT2D eigenvalue weighted by Crippen LogP contribution is -2.48.